The highest BCUT2D eigenvalue weighted by molar-refractivity contribution is 7.15. The van der Waals surface area contributed by atoms with Gasteiger partial charge in [-0.15, -0.1) is 5.10 Å². The number of benzene rings is 3. The fraction of sp³-hybridized carbons (Fsp3) is 0.161. The molecule has 0 spiro atoms. The lowest BCUT2D eigenvalue weighted by Crippen LogP contribution is -2.23. The van der Waals surface area contributed by atoms with E-state index in [1.807, 2.05) is 111 Å². The Morgan fingerprint density at radius 2 is 1.67 bits per heavy atom. The molecular weight excluding hydrogens is 506 g/mol. The summed E-state index contributed by atoms with van der Waals surface area (Å²) in [4.78, 5) is 18.5. The quantitative estimate of drug-likeness (QED) is 0.278. The molecule has 0 amide bonds. The van der Waals surface area contributed by atoms with Crippen molar-refractivity contribution in [2.24, 2.45) is 0 Å². The molecule has 3 aromatic carbocycles. The van der Waals surface area contributed by atoms with Gasteiger partial charge < -0.3 is 4.74 Å². The lowest BCUT2D eigenvalue weighted by molar-refractivity contribution is 0.241. The first kappa shape index (κ1) is 24.8. The molecule has 0 unspecified atom stereocenters. The van der Waals surface area contributed by atoms with Gasteiger partial charge in [0.15, 0.2) is 5.82 Å². The second kappa shape index (κ2) is 9.96. The molecule has 0 atom stereocenters. The van der Waals surface area contributed by atoms with Gasteiger partial charge in [0, 0.05) is 22.9 Å². The molecule has 0 saturated carbocycles. The van der Waals surface area contributed by atoms with E-state index in [4.69, 9.17) is 9.84 Å². The molecule has 0 aliphatic carbocycles. The van der Waals surface area contributed by atoms with E-state index in [1.54, 1.807) is 0 Å². The van der Waals surface area contributed by atoms with E-state index in [0.29, 0.717) is 15.3 Å². The molecule has 0 aliphatic heterocycles. The average molecular weight is 534 g/mol. The van der Waals surface area contributed by atoms with E-state index in [9.17, 15) is 4.79 Å². The van der Waals surface area contributed by atoms with Crippen molar-refractivity contribution < 1.29 is 4.74 Å². The van der Waals surface area contributed by atoms with Gasteiger partial charge in [-0.1, -0.05) is 59.4 Å². The Bertz CT molecular complexity index is 1900. The summed E-state index contributed by atoms with van der Waals surface area (Å²) >= 11 is 1.32. The highest BCUT2D eigenvalue weighted by atomic mass is 32.1. The number of para-hydroxylation sites is 1. The van der Waals surface area contributed by atoms with Gasteiger partial charge in [-0.2, -0.15) is 14.6 Å². The summed E-state index contributed by atoms with van der Waals surface area (Å²) in [5.74, 6) is 1.39. The average Bonchev–Trinajstić information content (AvgIpc) is 3.61. The van der Waals surface area contributed by atoms with Crippen molar-refractivity contribution >= 4 is 22.4 Å². The van der Waals surface area contributed by atoms with E-state index in [1.165, 1.54) is 15.9 Å². The molecule has 0 radical (unpaired) electrons. The Labute approximate surface area is 229 Å². The molecule has 0 bridgehead atoms. The molecule has 0 N–H and O–H groups in total. The zero-order chi connectivity index (χ0) is 27.1. The Morgan fingerprint density at radius 3 is 2.36 bits per heavy atom. The van der Waals surface area contributed by atoms with Crippen LogP contribution in [0.5, 0.6) is 5.75 Å². The van der Waals surface area contributed by atoms with E-state index in [0.717, 1.165) is 44.9 Å². The number of aromatic nitrogens is 5. The third kappa shape index (κ3) is 4.86. The maximum Gasteiger partial charge on any atom is 0.291 e. The van der Waals surface area contributed by atoms with Gasteiger partial charge in [0.25, 0.3) is 5.56 Å². The Kier molecular flexibility index (Phi) is 6.32. The number of aryl methyl sites for hydroxylation is 2. The maximum absolute atomic E-state index is 13.4. The topological polar surface area (TPSA) is 74.3 Å². The van der Waals surface area contributed by atoms with E-state index in [2.05, 4.69) is 16.1 Å². The first-order valence-corrected chi connectivity index (χ1v) is 13.6. The van der Waals surface area contributed by atoms with Gasteiger partial charge in [0.05, 0.1) is 16.3 Å². The highest BCUT2D eigenvalue weighted by Gasteiger charge is 2.16. The number of hydrogen-bond acceptors (Lipinski definition) is 6. The Morgan fingerprint density at radius 1 is 0.923 bits per heavy atom. The van der Waals surface area contributed by atoms with Crippen molar-refractivity contribution in [1.29, 1.82) is 0 Å². The van der Waals surface area contributed by atoms with Crippen molar-refractivity contribution in [2.75, 3.05) is 0 Å². The summed E-state index contributed by atoms with van der Waals surface area (Å²) in [6.45, 7) is 8.09. The first-order valence-electron chi connectivity index (χ1n) is 12.8. The molecule has 39 heavy (non-hydrogen) atoms. The normalized spacial score (nSPS) is 12.1. The molecule has 0 fully saturated rings. The van der Waals surface area contributed by atoms with Crippen LogP contribution in [0.3, 0.4) is 0 Å². The molecule has 6 aromatic rings. The van der Waals surface area contributed by atoms with Crippen LogP contribution in [0.25, 0.3) is 39.4 Å². The number of ether oxygens (including phenoxy) is 1. The van der Waals surface area contributed by atoms with Crippen molar-refractivity contribution in [3.05, 3.63) is 111 Å². The minimum absolute atomic E-state index is 0.0871. The second-order valence-electron chi connectivity index (χ2n) is 9.77. The van der Waals surface area contributed by atoms with Gasteiger partial charge in [-0.05, 0) is 69.7 Å². The van der Waals surface area contributed by atoms with Crippen LogP contribution in [-0.2, 0) is 0 Å². The lowest BCUT2D eigenvalue weighted by Gasteiger charge is -2.13. The van der Waals surface area contributed by atoms with Crippen LogP contribution in [0.1, 0.15) is 30.5 Å². The van der Waals surface area contributed by atoms with Gasteiger partial charge >= 0.3 is 0 Å². The maximum atomic E-state index is 13.4. The summed E-state index contributed by atoms with van der Waals surface area (Å²) in [7, 11) is 0. The highest BCUT2D eigenvalue weighted by Crippen LogP contribution is 2.29. The number of fused-ring (bicyclic) bond motifs is 1. The van der Waals surface area contributed by atoms with Crippen LogP contribution in [0.2, 0.25) is 0 Å². The van der Waals surface area contributed by atoms with Crippen LogP contribution >= 0.6 is 11.3 Å². The van der Waals surface area contributed by atoms with Crippen LogP contribution in [-0.4, -0.2) is 30.5 Å². The van der Waals surface area contributed by atoms with E-state index < -0.39 is 0 Å². The summed E-state index contributed by atoms with van der Waals surface area (Å²) in [5.41, 5.74) is 6.34. The van der Waals surface area contributed by atoms with Crippen LogP contribution < -0.4 is 14.8 Å². The number of hydrogen-bond donors (Lipinski definition) is 0. The molecule has 0 saturated heterocycles. The fourth-order valence-electron chi connectivity index (χ4n) is 4.41. The van der Waals surface area contributed by atoms with Crippen molar-refractivity contribution in [3.8, 4) is 34.1 Å². The van der Waals surface area contributed by atoms with E-state index in [-0.39, 0.29) is 11.7 Å². The molecule has 3 aromatic heterocycles. The van der Waals surface area contributed by atoms with Gasteiger partial charge in [0.1, 0.15) is 11.4 Å². The molecule has 3 heterocycles. The zero-order valence-corrected chi connectivity index (χ0v) is 22.9. The fourth-order valence-corrected chi connectivity index (χ4v) is 5.31. The minimum atomic E-state index is -0.198. The molecule has 194 valence electrons. The summed E-state index contributed by atoms with van der Waals surface area (Å²) in [5, 5.41) is 9.42. The number of thiazole rings is 1. The predicted molar refractivity (Wildman–Crippen MR) is 156 cm³/mol. The van der Waals surface area contributed by atoms with Crippen LogP contribution in [0.4, 0.5) is 0 Å². The van der Waals surface area contributed by atoms with E-state index >= 15 is 0 Å². The minimum Gasteiger partial charge on any atom is -0.491 e. The van der Waals surface area contributed by atoms with Gasteiger partial charge in [-0.3, -0.25) is 4.79 Å². The molecular formula is C31H27N5O2S. The third-order valence-electron chi connectivity index (χ3n) is 6.35. The number of rotatable bonds is 6. The molecule has 6 rings (SSSR count). The monoisotopic (exact) mass is 533 g/mol. The van der Waals surface area contributed by atoms with Gasteiger partial charge in [-0.25, -0.2) is 4.68 Å². The van der Waals surface area contributed by atoms with Gasteiger partial charge in [0.2, 0.25) is 4.96 Å². The van der Waals surface area contributed by atoms with Crippen LogP contribution in [0, 0.1) is 13.8 Å². The Balaban J connectivity index is 1.46. The predicted octanol–water partition coefficient (Wildman–Crippen LogP) is 5.62. The summed E-state index contributed by atoms with van der Waals surface area (Å²) in [6, 6.07) is 23.9. The third-order valence-corrected chi connectivity index (χ3v) is 7.31. The summed E-state index contributed by atoms with van der Waals surface area (Å²) in [6.07, 6.45) is 3.92. The second-order valence-corrected chi connectivity index (χ2v) is 10.8. The lowest BCUT2D eigenvalue weighted by atomic mass is 10.0. The zero-order valence-electron chi connectivity index (χ0n) is 22.1. The Hall–Kier alpha value is -4.56. The largest absolute Gasteiger partial charge is 0.491 e. The summed E-state index contributed by atoms with van der Waals surface area (Å²) < 4.78 is 9.70. The van der Waals surface area contributed by atoms with Crippen molar-refractivity contribution in [1.82, 2.24) is 24.4 Å². The standard InChI is InChI=1S/C31H27N5O2S/c1-19(2)38-26-15-14-23(16-21(26)4)28-24(18-35(33-28)25-8-6-5-7-9-25)17-27-30(37)36-31(39-27)32-29(34-36)22-12-10-20(3)11-13-22/h5-19H,1-4H3/b27-17-. The number of nitrogens with zero attached hydrogens (tertiary/aromatic N) is 5. The van der Waals surface area contributed by atoms with Crippen LogP contribution in [0.15, 0.2) is 83.8 Å². The first-order chi connectivity index (χ1) is 18.9. The SMILES string of the molecule is Cc1ccc(-c2nc3s/c(=C\c4cn(-c5ccccc5)nc4-c4ccc(OC(C)C)c(C)c4)c(=O)n3n2)cc1. The molecule has 0 aliphatic rings. The molecule has 8 heteroatoms. The molecule has 7 nitrogen and oxygen atoms in total. The van der Waals surface area contributed by atoms with Crippen molar-refractivity contribution in [2.45, 2.75) is 33.8 Å². The van der Waals surface area contributed by atoms with Crippen molar-refractivity contribution in [3.63, 3.8) is 0 Å². The smallest absolute Gasteiger partial charge is 0.291 e.